The minimum Gasteiger partial charge on any atom is -0.304 e. The van der Waals surface area contributed by atoms with Crippen LogP contribution >= 0.6 is 0 Å². The molecule has 1 saturated heterocycles. The molecule has 0 aliphatic carbocycles. The highest BCUT2D eigenvalue weighted by molar-refractivity contribution is 4.59. The van der Waals surface area contributed by atoms with Crippen molar-refractivity contribution in [3.8, 4) is 0 Å². The van der Waals surface area contributed by atoms with E-state index in [1.54, 1.807) is 0 Å². The molecule has 1 aliphatic rings. The van der Waals surface area contributed by atoms with E-state index in [1.165, 1.54) is 38.9 Å². The van der Waals surface area contributed by atoms with E-state index in [4.69, 9.17) is 0 Å². The van der Waals surface area contributed by atoms with Gasteiger partial charge < -0.3 is 5.32 Å². The van der Waals surface area contributed by atoms with E-state index in [1.807, 2.05) is 0 Å². The molecular formula is C8H18N2. The van der Waals surface area contributed by atoms with Crippen LogP contribution in [-0.2, 0) is 0 Å². The molecule has 0 saturated carbocycles. The second-order valence-electron chi connectivity index (χ2n) is 2.93. The summed E-state index contributed by atoms with van der Waals surface area (Å²) in [5, 5.41) is 3.41. The number of rotatable bonds is 1. The number of nitrogens with one attached hydrogen (secondary N) is 1. The molecule has 0 aromatic carbocycles. The Labute approximate surface area is 63.6 Å². The third-order valence-corrected chi connectivity index (χ3v) is 2.11. The molecule has 1 N–H and O–H groups in total. The number of hydrogen-bond acceptors (Lipinski definition) is 2. The van der Waals surface area contributed by atoms with Gasteiger partial charge in [0.2, 0.25) is 0 Å². The Hall–Kier alpha value is -0.0800. The molecule has 0 spiro atoms. The maximum absolute atomic E-state index is 3.41. The highest BCUT2D eigenvalue weighted by Gasteiger charge is 2.03. The van der Waals surface area contributed by atoms with Crippen molar-refractivity contribution in [2.45, 2.75) is 26.2 Å². The Balaban J connectivity index is 2.16. The highest BCUT2D eigenvalue weighted by atomic mass is 15.2. The summed E-state index contributed by atoms with van der Waals surface area (Å²) in [6.45, 7) is 6.99. The molecule has 1 rings (SSSR count). The average molecular weight is 142 g/mol. The summed E-state index contributed by atoms with van der Waals surface area (Å²) in [7, 11) is 0. The summed E-state index contributed by atoms with van der Waals surface area (Å²) in [6, 6.07) is 0. The van der Waals surface area contributed by atoms with E-state index in [-0.39, 0.29) is 0 Å². The Bertz CT molecular complexity index is 75.3. The van der Waals surface area contributed by atoms with Crippen molar-refractivity contribution >= 4 is 0 Å². The third kappa shape index (κ3) is 2.67. The Morgan fingerprint density at radius 2 is 2.20 bits per heavy atom. The van der Waals surface area contributed by atoms with E-state index in [0.29, 0.717) is 0 Å². The van der Waals surface area contributed by atoms with E-state index in [0.717, 1.165) is 6.67 Å². The van der Waals surface area contributed by atoms with Gasteiger partial charge in [0.15, 0.2) is 0 Å². The summed E-state index contributed by atoms with van der Waals surface area (Å²) >= 11 is 0. The Morgan fingerprint density at radius 3 is 3.00 bits per heavy atom. The quantitative estimate of drug-likeness (QED) is 0.588. The molecule has 0 amide bonds. The molecule has 0 aromatic rings. The van der Waals surface area contributed by atoms with Gasteiger partial charge in [0, 0.05) is 6.67 Å². The molecular weight excluding hydrogens is 124 g/mol. The van der Waals surface area contributed by atoms with Crippen molar-refractivity contribution < 1.29 is 0 Å². The molecule has 0 radical (unpaired) electrons. The molecule has 1 heterocycles. The molecule has 2 heteroatoms. The van der Waals surface area contributed by atoms with Gasteiger partial charge in [-0.25, -0.2) is 0 Å². The van der Waals surface area contributed by atoms with Crippen molar-refractivity contribution in [3.05, 3.63) is 0 Å². The van der Waals surface area contributed by atoms with Crippen LogP contribution in [0.2, 0.25) is 0 Å². The van der Waals surface area contributed by atoms with E-state index >= 15 is 0 Å². The first-order chi connectivity index (χ1) is 4.93. The zero-order chi connectivity index (χ0) is 7.23. The fourth-order valence-corrected chi connectivity index (χ4v) is 1.35. The highest BCUT2D eigenvalue weighted by Crippen LogP contribution is 2.00. The van der Waals surface area contributed by atoms with Crippen LogP contribution in [0.1, 0.15) is 26.2 Å². The lowest BCUT2D eigenvalue weighted by Crippen LogP contribution is -2.36. The molecule has 1 fully saturated rings. The van der Waals surface area contributed by atoms with Crippen molar-refractivity contribution in [1.29, 1.82) is 0 Å². The summed E-state index contributed by atoms with van der Waals surface area (Å²) in [5.74, 6) is 0. The van der Waals surface area contributed by atoms with Crippen molar-refractivity contribution in [2.24, 2.45) is 0 Å². The normalized spacial score (nSPS) is 23.7. The summed E-state index contributed by atoms with van der Waals surface area (Å²) < 4.78 is 0. The molecule has 0 bridgehead atoms. The van der Waals surface area contributed by atoms with Crippen LogP contribution in [0.25, 0.3) is 0 Å². The minimum atomic E-state index is 1.09. The summed E-state index contributed by atoms with van der Waals surface area (Å²) in [6.07, 6.45) is 4.14. The van der Waals surface area contributed by atoms with E-state index in [2.05, 4.69) is 17.1 Å². The van der Waals surface area contributed by atoms with Gasteiger partial charge in [-0.3, -0.25) is 4.90 Å². The molecule has 0 aromatic heterocycles. The van der Waals surface area contributed by atoms with Crippen molar-refractivity contribution in [2.75, 3.05) is 26.3 Å². The van der Waals surface area contributed by atoms with E-state index in [9.17, 15) is 0 Å². The Kier molecular flexibility index (Phi) is 3.76. The van der Waals surface area contributed by atoms with Crippen LogP contribution in [0.15, 0.2) is 0 Å². The second-order valence-corrected chi connectivity index (χ2v) is 2.93. The maximum Gasteiger partial charge on any atom is 0.0480 e. The number of hydrogen-bond donors (Lipinski definition) is 1. The van der Waals surface area contributed by atoms with Gasteiger partial charge in [-0.05, 0) is 32.5 Å². The van der Waals surface area contributed by atoms with Crippen LogP contribution in [0.3, 0.4) is 0 Å². The molecule has 0 atom stereocenters. The van der Waals surface area contributed by atoms with Gasteiger partial charge in [-0.15, -0.1) is 0 Å². The molecule has 10 heavy (non-hydrogen) atoms. The van der Waals surface area contributed by atoms with Crippen LogP contribution in [0, 0.1) is 0 Å². The van der Waals surface area contributed by atoms with Crippen molar-refractivity contribution in [3.63, 3.8) is 0 Å². The molecule has 0 unspecified atom stereocenters. The zero-order valence-electron chi connectivity index (χ0n) is 6.90. The largest absolute Gasteiger partial charge is 0.304 e. The zero-order valence-corrected chi connectivity index (χ0v) is 6.90. The number of nitrogens with zero attached hydrogens (tertiary/aromatic N) is 1. The first kappa shape index (κ1) is 8.02. The van der Waals surface area contributed by atoms with Crippen LogP contribution in [0.4, 0.5) is 0 Å². The van der Waals surface area contributed by atoms with Crippen LogP contribution < -0.4 is 5.32 Å². The SMILES string of the molecule is CCN1CCCCCNC1. The first-order valence-electron chi connectivity index (χ1n) is 4.36. The van der Waals surface area contributed by atoms with Gasteiger partial charge in [-0.1, -0.05) is 13.3 Å². The smallest absolute Gasteiger partial charge is 0.0480 e. The average Bonchev–Trinajstić information content (AvgIpc) is 1.87. The third-order valence-electron chi connectivity index (χ3n) is 2.11. The molecule has 2 nitrogen and oxygen atoms in total. The second kappa shape index (κ2) is 4.69. The lowest BCUT2D eigenvalue weighted by molar-refractivity contribution is 0.245. The van der Waals surface area contributed by atoms with Crippen LogP contribution in [0.5, 0.6) is 0 Å². The standard InChI is InChI=1S/C8H18N2/c1-2-10-7-5-3-4-6-9-8-10/h9H,2-8H2,1H3. The van der Waals surface area contributed by atoms with Gasteiger partial charge in [-0.2, -0.15) is 0 Å². The van der Waals surface area contributed by atoms with Gasteiger partial charge in [0.25, 0.3) is 0 Å². The topological polar surface area (TPSA) is 15.3 Å². The fraction of sp³-hybridized carbons (Fsp3) is 1.00. The Morgan fingerprint density at radius 1 is 1.30 bits per heavy atom. The molecule has 60 valence electrons. The lowest BCUT2D eigenvalue weighted by atomic mass is 10.2. The lowest BCUT2D eigenvalue weighted by Gasteiger charge is -2.23. The maximum atomic E-state index is 3.41. The van der Waals surface area contributed by atoms with E-state index < -0.39 is 0 Å². The molecule has 1 aliphatic heterocycles. The predicted molar refractivity (Wildman–Crippen MR) is 44.0 cm³/mol. The predicted octanol–water partition coefficient (Wildman–Crippen LogP) is 1.04. The first-order valence-corrected chi connectivity index (χ1v) is 4.36. The summed E-state index contributed by atoms with van der Waals surface area (Å²) in [5.41, 5.74) is 0. The monoisotopic (exact) mass is 142 g/mol. The minimum absolute atomic E-state index is 1.09. The van der Waals surface area contributed by atoms with Crippen molar-refractivity contribution in [1.82, 2.24) is 10.2 Å². The summed E-state index contributed by atoms with van der Waals surface area (Å²) in [4.78, 5) is 2.46. The van der Waals surface area contributed by atoms with Gasteiger partial charge in [0.05, 0.1) is 0 Å². The fourth-order valence-electron chi connectivity index (χ4n) is 1.35. The van der Waals surface area contributed by atoms with Gasteiger partial charge >= 0.3 is 0 Å². The van der Waals surface area contributed by atoms with Crippen LogP contribution in [-0.4, -0.2) is 31.2 Å². The van der Waals surface area contributed by atoms with Gasteiger partial charge in [0.1, 0.15) is 0 Å².